The number of aromatic carboxylic acids is 1. The molecule has 0 aliphatic rings. The molecule has 10 heteroatoms. The normalized spacial score (nSPS) is 11.6. The number of nitrogens with one attached hydrogen (secondary N) is 2. The minimum atomic E-state index is -3.79. The number of carbonyl (C=O) groups is 1. The highest BCUT2D eigenvalue weighted by Gasteiger charge is 2.26. The van der Waals surface area contributed by atoms with Crippen LogP contribution >= 0.6 is 0 Å². The quantitative estimate of drug-likeness (QED) is 0.0808. The number of anilines is 1. The molecule has 0 radical (unpaired) electrons. The predicted octanol–water partition coefficient (Wildman–Crippen LogP) is 7.68. The lowest BCUT2D eigenvalue weighted by Gasteiger charge is -2.25. The van der Waals surface area contributed by atoms with Crippen LogP contribution in [0.3, 0.4) is 0 Å². The van der Waals surface area contributed by atoms with Gasteiger partial charge in [0.15, 0.2) is 0 Å². The van der Waals surface area contributed by atoms with Crippen LogP contribution in [0, 0.1) is 13.8 Å². The van der Waals surface area contributed by atoms with E-state index in [0.29, 0.717) is 36.4 Å². The van der Waals surface area contributed by atoms with Crippen molar-refractivity contribution in [2.24, 2.45) is 0 Å². The van der Waals surface area contributed by atoms with Gasteiger partial charge in [0.2, 0.25) is 10.0 Å². The zero-order valence-corrected chi connectivity index (χ0v) is 29.4. The number of rotatable bonds is 15. The molecule has 4 N–H and O–H groups in total. The van der Waals surface area contributed by atoms with E-state index >= 15 is 0 Å². The summed E-state index contributed by atoms with van der Waals surface area (Å²) < 4.78 is 38.3. The average Bonchev–Trinajstić information content (AvgIpc) is 3.41. The van der Waals surface area contributed by atoms with Crippen LogP contribution in [-0.4, -0.2) is 42.4 Å². The van der Waals surface area contributed by atoms with Gasteiger partial charge in [-0.3, -0.25) is 10.7 Å². The topological polar surface area (TPSA) is 130 Å². The summed E-state index contributed by atoms with van der Waals surface area (Å²) >= 11 is 0. The number of carboxylic acids is 1. The molecule has 0 atom stereocenters. The zero-order valence-electron chi connectivity index (χ0n) is 28.5. The summed E-state index contributed by atoms with van der Waals surface area (Å²) in [5.41, 5.74) is 10.3. The maximum atomic E-state index is 13.5. The van der Waals surface area contributed by atoms with Crippen molar-refractivity contribution >= 4 is 32.6 Å². The van der Waals surface area contributed by atoms with Crippen molar-refractivity contribution in [2.45, 2.75) is 38.5 Å². The van der Waals surface area contributed by atoms with E-state index in [0.717, 1.165) is 44.4 Å². The number of carboxylic acid groups (broad SMARTS) is 1. The lowest BCUT2D eigenvalue weighted by atomic mass is 9.97. The van der Waals surface area contributed by atoms with E-state index in [1.165, 1.54) is 12.1 Å². The van der Waals surface area contributed by atoms with Gasteiger partial charge < -0.3 is 14.4 Å². The van der Waals surface area contributed by atoms with Crippen LogP contribution in [0.25, 0.3) is 10.9 Å². The van der Waals surface area contributed by atoms with Crippen LogP contribution in [-0.2, 0) is 28.6 Å². The molecule has 6 rings (SSSR count). The summed E-state index contributed by atoms with van der Waals surface area (Å²) in [6.07, 6.45) is 0.922. The van der Waals surface area contributed by atoms with E-state index in [9.17, 15) is 23.5 Å². The molecule has 0 aliphatic heterocycles. The second-order valence-electron chi connectivity index (χ2n) is 12.6. The average molecular weight is 704 g/mol. The minimum Gasteiger partial charge on any atom is -0.493 e. The molecule has 0 bridgehead atoms. The van der Waals surface area contributed by atoms with Gasteiger partial charge in [0.25, 0.3) is 0 Å². The number of benzene rings is 5. The summed E-state index contributed by atoms with van der Waals surface area (Å²) in [7, 11) is -3.79. The Balaban J connectivity index is 1.40. The molecule has 5 aromatic carbocycles. The molecule has 0 fully saturated rings. The summed E-state index contributed by atoms with van der Waals surface area (Å²) in [5.74, 6) is -0.725. The van der Waals surface area contributed by atoms with E-state index < -0.39 is 16.0 Å². The van der Waals surface area contributed by atoms with Crippen molar-refractivity contribution < 1.29 is 28.3 Å². The number of hydrogen-bond donors (Lipinski definition) is 4. The number of aryl methyl sites for hydroxylation is 2. The Labute approximate surface area is 298 Å². The summed E-state index contributed by atoms with van der Waals surface area (Å²) in [6, 6.07) is 38.3. The maximum absolute atomic E-state index is 13.5. The Bertz CT molecular complexity index is 2200. The van der Waals surface area contributed by atoms with E-state index in [2.05, 4.69) is 64.2 Å². The standard InChI is InChI=1S/C41H41N3O6S/c1-28-16-21-38-35(26-28)34(23-25-50-33-19-17-32(18-20-33)41(45)46)39(22-24-42-51(48,49)27-36-29(2)10-9-15-37(36)43-47)44(38)40(30-11-5-3-6-12-30)31-13-7-4-8-14-31/h3-21,26,40,42-43,47H,22-25,27H2,1-2H3,(H,45,46). The fraction of sp³-hybridized carbons (Fsp3) is 0.195. The minimum absolute atomic E-state index is 0.145. The molecule has 0 spiro atoms. The highest BCUT2D eigenvalue weighted by molar-refractivity contribution is 7.88. The molecular weight excluding hydrogens is 663 g/mol. The summed E-state index contributed by atoms with van der Waals surface area (Å²) in [5, 5.41) is 20.0. The molecular formula is C41H41N3O6S. The van der Waals surface area contributed by atoms with Crippen molar-refractivity contribution in [3.05, 3.63) is 166 Å². The molecule has 1 aromatic heterocycles. The lowest BCUT2D eigenvalue weighted by Crippen LogP contribution is -2.29. The van der Waals surface area contributed by atoms with Gasteiger partial charge in [-0.15, -0.1) is 0 Å². The van der Waals surface area contributed by atoms with Crippen LogP contribution in [0.15, 0.2) is 121 Å². The van der Waals surface area contributed by atoms with E-state index in [1.54, 1.807) is 24.3 Å². The van der Waals surface area contributed by atoms with Crippen LogP contribution in [0.4, 0.5) is 5.69 Å². The Kier molecular flexibility index (Phi) is 10.9. The molecule has 9 nitrogen and oxygen atoms in total. The number of ether oxygens (including phenoxy) is 1. The first-order valence-corrected chi connectivity index (χ1v) is 18.4. The number of fused-ring (bicyclic) bond motifs is 1. The number of sulfonamides is 1. The molecule has 0 aliphatic carbocycles. The van der Waals surface area contributed by atoms with Crippen molar-refractivity contribution in [1.29, 1.82) is 0 Å². The van der Waals surface area contributed by atoms with E-state index in [-0.39, 0.29) is 23.9 Å². The van der Waals surface area contributed by atoms with E-state index in [1.807, 2.05) is 49.4 Å². The van der Waals surface area contributed by atoms with E-state index in [4.69, 9.17) is 4.74 Å². The fourth-order valence-corrected chi connectivity index (χ4v) is 7.96. The number of nitrogens with zero attached hydrogens (tertiary/aromatic N) is 1. The molecule has 6 aromatic rings. The van der Waals surface area contributed by atoms with Gasteiger partial charge in [-0.1, -0.05) is 84.4 Å². The molecule has 1 heterocycles. The second-order valence-corrected chi connectivity index (χ2v) is 14.4. The molecule has 0 amide bonds. The smallest absolute Gasteiger partial charge is 0.335 e. The molecule has 0 saturated heterocycles. The van der Waals surface area contributed by atoms with Crippen molar-refractivity contribution in [3.8, 4) is 5.75 Å². The van der Waals surface area contributed by atoms with Crippen LogP contribution in [0.1, 0.15) is 55.5 Å². The number of hydrogen-bond acceptors (Lipinski definition) is 6. The molecule has 0 saturated carbocycles. The van der Waals surface area contributed by atoms with Crippen molar-refractivity contribution in [3.63, 3.8) is 0 Å². The second kappa shape index (κ2) is 15.6. The van der Waals surface area contributed by atoms with Gasteiger partial charge in [0, 0.05) is 36.0 Å². The van der Waals surface area contributed by atoms with Crippen LogP contribution in [0.2, 0.25) is 0 Å². The van der Waals surface area contributed by atoms with Gasteiger partial charge >= 0.3 is 5.97 Å². The SMILES string of the molecule is Cc1ccc2c(c1)c(CCOc1ccc(C(=O)O)cc1)c(CCNS(=O)(=O)Cc1c(C)cccc1NO)n2C(c1ccccc1)c1ccccc1. The molecule has 0 unspecified atom stereocenters. The zero-order chi connectivity index (χ0) is 36.0. The maximum Gasteiger partial charge on any atom is 0.335 e. The third-order valence-corrected chi connectivity index (χ3v) is 10.4. The van der Waals surface area contributed by atoms with Gasteiger partial charge in [-0.25, -0.2) is 17.9 Å². The summed E-state index contributed by atoms with van der Waals surface area (Å²) in [6.45, 7) is 4.34. The molecule has 262 valence electrons. The first-order chi connectivity index (χ1) is 24.6. The molecule has 51 heavy (non-hydrogen) atoms. The van der Waals surface area contributed by atoms with Crippen molar-refractivity contribution in [2.75, 3.05) is 18.6 Å². The highest BCUT2D eigenvalue weighted by Crippen LogP contribution is 2.37. The largest absolute Gasteiger partial charge is 0.493 e. The van der Waals surface area contributed by atoms with Crippen LogP contribution < -0.4 is 14.9 Å². The highest BCUT2D eigenvalue weighted by atomic mass is 32.2. The summed E-state index contributed by atoms with van der Waals surface area (Å²) in [4.78, 5) is 11.3. The lowest BCUT2D eigenvalue weighted by molar-refractivity contribution is 0.0696. The first kappa shape index (κ1) is 35.4. The van der Waals surface area contributed by atoms with Gasteiger partial charge in [0.1, 0.15) is 5.75 Å². The monoisotopic (exact) mass is 703 g/mol. The number of aromatic nitrogens is 1. The van der Waals surface area contributed by atoms with Gasteiger partial charge in [0.05, 0.1) is 29.7 Å². The predicted molar refractivity (Wildman–Crippen MR) is 200 cm³/mol. The third kappa shape index (κ3) is 8.15. The first-order valence-electron chi connectivity index (χ1n) is 16.8. The Hall–Kier alpha value is -5.42. The van der Waals surface area contributed by atoms with Gasteiger partial charge in [-0.2, -0.15) is 0 Å². The van der Waals surface area contributed by atoms with Crippen molar-refractivity contribution in [1.82, 2.24) is 9.29 Å². The van der Waals surface area contributed by atoms with Crippen LogP contribution in [0.5, 0.6) is 5.75 Å². The Morgan fingerprint density at radius 3 is 2.10 bits per heavy atom. The third-order valence-electron chi connectivity index (χ3n) is 9.14. The van der Waals surface area contributed by atoms with Gasteiger partial charge in [-0.05, 0) is 84.1 Å². The Morgan fingerprint density at radius 2 is 1.47 bits per heavy atom. The fourth-order valence-electron chi connectivity index (χ4n) is 6.68. The Morgan fingerprint density at radius 1 is 0.804 bits per heavy atom.